The number of benzene rings is 2. The molecule has 2 aromatic rings. The lowest BCUT2D eigenvalue weighted by molar-refractivity contribution is -0.122. The van der Waals surface area contributed by atoms with E-state index in [-0.39, 0.29) is 5.91 Å². The Morgan fingerprint density at radius 1 is 1.05 bits per heavy atom. The molecule has 20 heavy (non-hydrogen) atoms. The van der Waals surface area contributed by atoms with Crippen LogP contribution in [0.1, 0.15) is 6.92 Å². The molecule has 0 heterocycles. The van der Waals surface area contributed by atoms with E-state index in [1.54, 1.807) is 37.3 Å². The molecule has 0 fully saturated rings. The van der Waals surface area contributed by atoms with Crippen LogP contribution < -0.4 is 10.1 Å². The van der Waals surface area contributed by atoms with E-state index in [0.29, 0.717) is 21.5 Å². The fourth-order valence-electron chi connectivity index (χ4n) is 1.60. The second kappa shape index (κ2) is 6.64. The van der Waals surface area contributed by atoms with Crippen LogP contribution in [0.25, 0.3) is 0 Å². The average Bonchev–Trinajstić information content (AvgIpc) is 2.44. The van der Waals surface area contributed by atoms with E-state index in [1.807, 2.05) is 18.2 Å². The zero-order valence-corrected chi connectivity index (χ0v) is 12.3. The first kappa shape index (κ1) is 14.7. The molecule has 104 valence electrons. The molecule has 0 aliphatic carbocycles. The highest BCUT2D eigenvalue weighted by Crippen LogP contribution is 2.30. The van der Waals surface area contributed by atoms with E-state index in [4.69, 9.17) is 27.9 Å². The Morgan fingerprint density at radius 2 is 1.65 bits per heavy atom. The summed E-state index contributed by atoms with van der Waals surface area (Å²) in [7, 11) is 0. The summed E-state index contributed by atoms with van der Waals surface area (Å²) in [6.07, 6.45) is -0.662. The second-order valence-electron chi connectivity index (χ2n) is 4.16. The molecule has 0 saturated carbocycles. The zero-order chi connectivity index (χ0) is 14.5. The molecular weight excluding hydrogens is 297 g/mol. The number of nitrogens with one attached hydrogen (secondary N) is 1. The molecule has 0 bridgehead atoms. The molecular formula is C15H13Cl2NO2. The third-order valence-corrected chi connectivity index (χ3v) is 3.27. The van der Waals surface area contributed by atoms with Crippen molar-refractivity contribution in [2.75, 3.05) is 5.32 Å². The van der Waals surface area contributed by atoms with Gasteiger partial charge in [-0.25, -0.2) is 0 Å². The second-order valence-corrected chi connectivity index (χ2v) is 4.97. The van der Waals surface area contributed by atoms with Gasteiger partial charge in [-0.05, 0) is 31.2 Å². The molecule has 0 unspecified atom stereocenters. The van der Waals surface area contributed by atoms with Crippen molar-refractivity contribution in [2.45, 2.75) is 13.0 Å². The lowest BCUT2D eigenvalue weighted by Gasteiger charge is -2.15. The fourth-order valence-corrected chi connectivity index (χ4v) is 2.09. The molecule has 0 spiro atoms. The first-order chi connectivity index (χ1) is 9.58. The Hall–Kier alpha value is -1.71. The molecule has 0 aliphatic heterocycles. The van der Waals surface area contributed by atoms with Gasteiger partial charge in [0.2, 0.25) is 0 Å². The molecule has 1 amide bonds. The van der Waals surface area contributed by atoms with Gasteiger partial charge in [0.1, 0.15) is 5.75 Å². The number of rotatable bonds is 4. The van der Waals surface area contributed by atoms with Crippen molar-refractivity contribution in [2.24, 2.45) is 0 Å². The number of anilines is 1. The van der Waals surface area contributed by atoms with Gasteiger partial charge in [0.05, 0.1) is 15.7 Å². The molecule has 3 nitrogen and oxygen atoms in total. The number of hydrogen-bond donors (Lipinski definition) is 1. The van der Waals surface area contributed by atoms with Crippen LogP contribution in [-0.4, -0.2) is 12.0 Å². The zero-order valence-electron chi connectivity index (χ0n) is 10.8. The Bertz CT molecular complexity index is 582. The molecule has 0 saturated heterocycles. The summed E-state index contributed by atoms with van der Waals surface area (Å²) in [5, 5.41) is 3.44. The minimum Gasteiger partial charge on any atom is -0.481 e. The highest BCUT2D eigenvalue weighted by molar-refractivity contribution is 6.39. The van der Waals surface area contributed by atoms with E-state index in [1.165, 1.54) is 0 Å². The smallest absolute Gasteiger partial charge is 0.265 e. The summed E-state index contributed by atoms with van der Waals surface area (Å²) in [5.41, 5.74) is 0.393. The predicted octanol–water partition coefficient (Wildman–Crippen LogP) is 4.40. The largest absolute Gasteiger partial charge is 0.481 e. The maximum absolute atomic E-state index is 12.1. The average molecular weight is 310 g/mol. The van der Waals surface area contributed by atoms with Crippen LogP contribution in [0, 0.1) is 0 Å². The number of para-hydroxylation sites is 2. The summed E-state index contributed by atoms with van der Waals surface area (Å²) in [6, 6.07) is 14.1. The molecule has 0 aliphatic rings. The number of amides is 1. The van der Waals surface area contributed by atoms with Crippen LogP contribution in [0.2, 0.25) is 10.0 Å². The molecule has 2 aromatic carbocycles. The van der Waals surface area contributed by atoms with Gasteiger partial charge in [-0.3, -0.25) is 4.79 Å². The topological polar surface area (TPSA) is 38.3 Å². The lowest BCUT2D eigenvalue weighted by atomic mass is 10.3. The summed E-state index contributed by atoms with van der Waals surface area (Å²) in [6.45, 7) is 1.66. The van der Waals surface area contributed by atoms with Crippen molar-refractivity contribution < 1.29 is 9.53 Å². The van der Waals surface area contributed by atoms with Crippen LogP contribution in [0.5, 0.6) is 5.75 Å². The standard InChI is InChI=1S/C15H13Cl2NO2/c1-10(20-11-6-3-2-4-7-11)15(19)18-14-12(16)8-5-9-13(14)17/h2-10H,1H3,(H,18,19)/t10-/m0/s1. The molecule has 0 aromatic heterocycles. The first-order valence-corrected chi connectivity index (χ1v) is 6.80. The number of halogens is 2. The summed E-state index contributed by atoms with van der Waals surface area (Å²) >= 11 is 12.0. The monoisotopic (exact) mass is 309 g/mol. The van der Waals surface area contributed by atoms with Crippen molar-refractivity contribution in [1.82, 2.24) is 0 Å². The van der Waals surface area contributed by atoms with Crippen LogP contribution >= 0.6 is 23.2 Å². The van der Waals surface area contributed by atoms with Crippen LogP contribution in [0.3, 0.4) is 0 Å². The molecule has 2 rings (SSSR count). The fraction of sp³-hybridized carbons (Fsp3) is 0.133. The van der Waals surface area contributed by atoms with Crippen molar-refractivity contribution in [1.29, 1.82) is 0 Å². The molecule has 1 N–H and O–H groups in total. The summed E-state index contributed by atoms with van der Waals surface area (Å²) in [5.74, 6) is 0.309. The van der Waals surface area contributed by atoms with Crippen molar-refractivity contribution in [3.05, 3.63) is 58.6 Å². The van der Waals surface area contributed by atoms with Gasteiger partial charge >= 0.3 is 0 Å². The highest BCUT2D eigenvalue weighted by atomic mass is 35.5. The Balaban J connectivity index is 2.05. The highest BCUT2D eigenvalue weighted by Gasteiger charge is 2.17. The first-order valence-electron chi connectivity index (χ1n) is 6.04. The van der Waals surface area contributed by atoms with Gasteiger partial charge in [0.25, 0.3) is 5.91 Å². The van der Waals surface area contributed by atoms with Gasteiger partial charge in [0.15, 0.2) is 6.10 Å². The SMILES string of the molecule is C[C@H](Oc1ccccc1)C(=O)Nc1c(Cl)cccc1Cl. The maximum Gasteiger partial charge on any atom is 0.265 e. The Morgan fingerprint density at radius 3 is 2.25 bits per heavy atom. The third-order valence-electron chi connectivity index (χ3n) is 2.64. The lowest BCUT2D eigenvalue weighted by Crippen LogP contribution is -2.30. The van der Waals surface area contributed by atoms with E-state index in [2.05, 4.69) is 5.32 Å². The Kier molecular flexibility index (Phi) is 4.88. The molecule has 0 radical (unpaired) electrons. The van der Waals surface area contributed by atoms with Gasteiger partial charge in [-0.15, -0.1) is 0 Å². The number of carbonyl (C=O) groups is 1. The third kappa shape index (κ3) is 3.65. The van der Waals surface area contributed by atoms with Gasteiger partial charge in [-0.2, -0.15) is 0 Å². The van der Waals surface area contributed by atoms with Crippen LogP contribution in [-0.2, 0) is 4.79 Å². The van der Waals surface area contributed by atoms with Gasteiger partial charge in [-0.1, -0.05) is 47.5 Å². The quantitative estimate of drug-likeness (QED) is 0.909. The normalized spacial score (nSPS) is 11.8. The number of ether oxygens (including phenoxy) is 1. The summed E-state index contributed by atoms with van der Waals surface area (Å²) in [4.78, 5) is 12.1. The van der Waals surface area contributed by atoms with E-state index in [0.717, 1.165) is 0 Å². The van der Waals surface area contributed by atoms with Gasteiger partial charge in [0, 0.05) is 0 Å². The van der Waals surface area contributed by atoms with Crippen LogP contribution in [0.15, 0.2) is 48.5 Å². The number of hydrogen-bond acceptors (Lipinski definition) is 2. The predicted molar refractivity (Wildman–Crippen MR) is 81.6 cm³/mol. The van der Waals surface area contributed by atoms with Crippen molar-refractivity contribution in [3.63, 3.8) is 0 Å². The minimum absolute atomic E-state index is 0.316. The van der Waals surface area contributed by atoms with E-state index in [9.17, 15) is 4.79 Å². The van der Waals surface area contributed by atoms with Crippen molar-refractivity contribution >= 4 is 34.8 Å². The van der Waals surface area contributed by atoms with Crippen LogP contribution in [0.4, 0.5) is 5.69 Å². The Labute approximate surface area is 127 Å². The molecule has 1 atom stereocenters. The minimum atomic E-state index is -0.662. The van der Waals surface area contributed by atoms with Crippen molar-refractivity contribution in [3.8, 4) is 5.75 Å². The molecule has 5 heteroatoms. The maximum atomic E-state index is 12.1. The van der Waals surface area contributed by atoms with E-state index >= 15 is 0 Å². The van der Waals surface area contributed by atoms with Gasteiger partial charge < -0.3 is 10.1 Å². The number of carbonyl (C=O) groups excluding carboxylic acids is 1. The van der Waals surface area contributed by atoms with E-state index < -0.39 is 6.10 Å². The summed E-state index contributed by atoms with van der Waals surface area (Å²) < 4.78 is 5.53.